The molecule has 3 saturated carbocycles. The molecule has 0 heteroatoms. The molecule has 0 N–H and O–H groups in total. The van der Waals surface area contributed by atoms with E-state index in [-0.39, 0.29) is 0 Å². The lowest BCUT2D eigenvalue weighted by Gasteiger charge is -2.46. The summed E-state index contributed by atoms with van der Waals surface area (Å²) in [6.45, 7) is 12.8. The highest BCUT2D eigenvalue weighted by Crippen LogP contribution is 2.77. The fourth-order valence-corrected chi connectivity index (χ4v) is 7.76. The van der Waals surface area contributed by atoms with Crippen molar-refractivity contribution in [2.24, 2.45) is 34.0 Å². The quantitative estimate of drug-likeness (QED) is 0.476. The van der Waals surface area contributed by atoms with Gasteiger partial charge < -0.3 is 0 Å². The molecule has 5 atom stereocenters. The van der Waals surface area contributed by atoms with E-state index in [1.807, 2.05) is 5.57 Å². The van der Waals surface area contributed by atoms with Crippen molar-refractivity contribution in [3.63, 3.8) is 0 Å². The molecule has 0 aromatic rings. The van der Waals surface area contributed by atoms with Crippen molar-refractivity contribution in [1.29, 1.82) is 0 Å². The van der Waals surface area contributed by atoms with Gasteiger partial charge in [0, 0.05) is 0 Å². The van der Waals surface area contributed by atoms with Gasteiger partial charge >= 0.3 is 0 Å². The van der Waals surface area contributed by atoms with Gasteiger partial charge in [-0.1, -0.05) is 38.8 Å². The summed E-state index contributed by atoms with van der Waals surface area (Å²) in [4.78, 5) is 0. The second-order valence-electron chi connectivity index (χ2n) is 9.68. The van der Waals surface area contributed by atoms with Gasteiger partial charge in [0.25, 0.3) is 0 Å². The predicted molar refractivity (Wildman–Crippen MR) is 85.5 cm³/mol. The van der Waals surface area contributed by atoms with Crippen molar-refractivity contribution in [1.82, 2.24) is 0 Å². The van der Waals surface area contributed by atoms with Crippen molar-refractivity contribution >= 4 is 0 Å². The summed E-state index contributed by atoms with van der Waals surface area (Å²) in [6, 6.07) is 0. The first-order valence-corrected chi connectivity index (χ1v) is 9.00. The number of hydrogen-bond acceptors (Lipinski definition) is 0. The summed E-state index contributed by atoms with van der Waals surface area (Å²) >= 11 is 0. The molecule has 112 valence electrons. The highest BCUT2D eigenvalue weighted by Gasteiger charge is 2.68. The van der Waals surface area contributed by atoms with Crippen molar-refractivity contribution in [3.05, 3.63) is 11.1 Å². The molecule has 0 nitrogen and oxygen atoms in total. The Hall–Kier alpha value is -0.260. The highest BCUT2D eigenvalue weighted by molar-refractivity contribution is 5.35. The van der Waals surface area contributed by atoms with Gasteiger partial charge in [-0.3, -0.25) is 0 Å². The van der Waals surface area contributed by atoms with Crippen LogP contribution in [-0.4, -0.2) is 0 Å². The Morgan fingerprint density at radius 3 is 2.50 bits per heavy atom. The molecular formula is C20H32. The fourth-order valence-electron chi connectivity index (χ4n) is 7.76. The van der Waals surface area contributed by atoms with Crippen molar-refractivity contribution in [2.75, 3.05) is 0 Å². The summed E-state index contributed by atoms with van der Waals surface area (Å²) in [7, 11) is 0. The van der Waals surface area contributed by atoms with E-state index in [4.69, 9.17) is 0 Å². The van der Waals surface area contributed by atoms with Crippen LogP contribution in [-0.2, 0) is 0 Å². The average Bonchev–Trinajstić information content (AvgIpc) is 2.91. The number of hydrogen-bond donors (Lipinski definition) is 0. The van der Waals surface area contributed by atoms with Crippen LogP contribution in [0.3, 0.4) is 0 Å². The molecule has 4 aliphatic rings. The van der Waals surface area contributed by atoms with Crippen LogP contribution in [0.2, 0.25) is 0 Å². The maximum absolute atomic E-state index is 2.65. The third kappa shape index (κ3) is 1.35. The lowest BCUT2D eigenvalue weighted by molar-refractivity contribution is 0.0791. The molecule has 0 aromatic heterocycles. The summed E-state index contributed by atoms with van der Waals surface area (Å²) in [5, 5.41) is 0. The van der Waals surface area contributed by atoms with E-state index in [1.165, 1.54) is 44.9 Å². The predicted octanol–water partition coefficient (Wildman–Crippen LogP) is 5.98. The maximum atomic E-state index is 2.65. The molecule has 20 heavy (non-hydrogen) atoms. The van der Waals surface area contributed by atoms with Crippen LogP contribution in [0.15, 0.2) is 11.1 Å². The summed E-state index contributed by atoms with van der Waals surface area (Å²) < 4.78 is 0. The molecule has 4 rings (SSSR count). The maximum Gasteiger partial charge on any atom is -0.00231 e. The Labute approximate surface area is 125 Å². The molecular weight excluding hydrogens is 240 g/mol. The van der Waals surface area contributed by atoms with E-state index < -0.39 is 0 Å². The van der Waals surface area contributed by atoms with Crippen LogP contribution in [0.5, 0.6) is 0 Å². The molecule has 0 amide bonds. The lowest BCUT2D eigenvalue weighted by atomic mass is 9.58. The number of allylic oxidation sites excluding steroid dienone is 2. The van der Waals surface area contributed by atoms with Gasteiger partial charge in [0.1, 0.15) is 0 Å². The van der Waals surface area contributed by atoms with Crippen molar-refractivity contribution in [2.45, 2.75) is 79.6 Å². The first-order chi connectivity index (χ1) is 9.31. The number of rotatable bonds is 0. The van der Waals surface area contributed by atoms with E-state index in [0.717, 1.165) is 17.8 Å². The van der Waals surface area contributed by atoms with Crippen molar-refractivity contribution in [3.8, 4) is 0 Å². The Bertz CT molecular complexity index is 482. The lowest BCUT2D eigenvalue weighted by Crippen LogP contribution is -2.39. The molecule has 4 aliphatic carbocycles. The van der Waals surface area contributed by atoms with Gasteiger partial charge in [-0.15, -0.1) is 0 Å². The summed E-state index contributed by atoms with van der Waals surface area (Å²) in [5.41, 5.74) is 5.57. The molecule has 0 aromatic carbocycles. The Morgan fingerprint density at radius 2 is 1.75 bits per heavy atom. The zero-order valence-electron chi connectivity index (χ0n) is 14.2. The van der Waals surface area contributed by atoms with Crippen LogP contribution >= 0.6 is 0 Å². The van der Waals surface area contributed by atoms with Gasteiger partial charge in [0.2, 0.25) is 0 Å². The standard InChI is InChI=1S/C20H32/c1-13-6-8-16-17-18(3,4)10-11-19(17,5)12-20(16)14(2)7-9-15(13)20/h14,16-17H,6-12H2,1-5H3. The average molecular weight is 272 g/mol. The van der Waals surface area contributed by atoms with E-state index in [1.54, 1.807) is 5.57 Å². The number of fused-ring (bicyclic) bond motifs is 2. The first kappa shape index (κ1) is 13.4. The van der Waals surface area contributed by atoms with Crippen LogP contribution in [0.4, 0.5) is 0 Å². The SMILES string of the molecule is CC1=C2CCC(C)C23CC2(C)CCC(C)(C)C2C3CC1. The van der Waals surface area contributed by atoms with E-state index in [2.05, 4.69) is 34.6 Å². The van der Waals surface area contributed by atoms with Crippen LogP contribution in [0.25, 0.3) is 0 Å². The third-order valence-corrected chi connectivity index (χ3v) is 8.31. The van der Waals surface area contributed by atoms with E-state index in [0.29, 0.717) is 16.2 Å². The molecule has 0 heterocycles. The van der Waals surface area contributed by atoms with Gasteiger partial charge in [0.15, 0.2) is 0 Å². The largest absolute Gasteiger partial charge is 0.0735 e. The molecule has 3 fully saturated rings. The minimum absolute atomic E-state index is 0.585. The molecule has 5 unspecified atom stereocenters. The van der Waals surface area contributed by atoms with Gasteiger partial charge in [-0.2, -0.15) is 0 Å². The van der Waals surface area contributed by atoms with Crippen LogP contribution in [0, 0.1) is 34.0 Å². The van der Waals surface area contributed by atoms with Crippen molar-refractivity contribution < 1.29 is 0 Å². The Kier molecular flexibility index (Phi) is 2.50. The topological polar surface area (TPSA) is 0 Å². The van der Waals surface area contributed by atoms with Crippen LogP contribution < -0.4 is 0 Å². The zero-order chi connectivity index (χ0) is 14.3. The first-order valence-electron chi connectivity index (χ1n) is 9.00. The van der Waals surface area contributed by atoms with Gasteiger partial charge in [0.05, 0.1) is 0 Å². The normalized spacial score (nSPS) is 53.0. The Balaban J connectivity index is 1.88. The second-order valence-corrected chi connectivity index (χ2v) is 9.68. The van der Waals surface area contributed by atoms with Gasteiger partial charge in [-0.25, -0.2) is 0 Å². The Morgan fingerprint density at radius 1 is 1.00 bits per heavy atom. The minimum atomic E-state index is 0.585. The summed E-state index contributed by atoms with van der Waals surface area (Å²) in [6.07, 6.45) is 10.3. The van der Waals surface area contributed by atoms with Crippen LogP contribution in [0.1, 0.15) is 79.6 Å². The molecule has 0 aliphatic heterocycles. The molecule has 0 bridgehead atoms. The van der Waals surface area contributed by atoms with E-state index in [9.17, 15) is 0 Å². The minimum Gasteiger partial charge on any atom is -0.0735 e. The second kappa shape index (κ2) is 3.73. The van der Waals surface area contributed by atoms with Gasteiger partial charge in [-0.05, 0) is 85.9 Å². The summed E-state index contributed by atoms with van der Waals surface area (Å²) in [5.74, 6) is 2.93. The fraction of sp³-hybridized carbons (Fsp3) is 0.900. The van der Waals surface area contributed by atoms with E-state index >= 15 is 0 Å². The monoisotopic (exact) mass is 272 g/mol. The zero-order valence-corrected chi connectivity index (χ0v) is 14.2. The third-order valence-electron chi connectivity index (χ3n) is 8.31. The highest BCUT2D eigenvalue weighted by atomic mass is 14.7. The molecule has 0 saturated heterocycles. The smallest absolute Gasteiger partial charge is 0.00231 e. The molecule has 0 radical (unpaired) electrons. The molecule has 1 spiro atoms.